The summed E-state index contributed by atoms with van der Waals surface area (Å²) >= 11 is 0. The van der Waals surface area contributed by atoms with Gasteiger partial charge in [0.1, 0.15) is 0 Å². The van der Waals surface area contributed by atoms with E-state index in [2.05, 4.69) is 80.5 Å². The normalized spacial score (nSPS) is 15.9. The maximum absolute atomic E-state index is 2.49. The van der Waals surface area contributed by atoms with E-state index in [0.29, 0.717) is 6.04 Å². The van der Waals surface area contributed by atoms with Crippen molar-refractivity contribution in [1.29, 1.82) is 0 Å². The van der Waals surface area contributed by atoms with Gasteiger partial charge in [0.25, 0.3) is 0 Å². The van der Waals surface area contributed by atoms with Crippen LogP contribution in [0, 0.1) is 6.92 Å². The molecular weight excluding hydrogens is 302 g/mol. The summed E-state index contributed by atoms with van der Waals surface area (Å²) in [7, 11) is 4.44. The van der Waals surface area contributed by atoms with Crippen LogP contribution in [0.15, 0.2) is 60.2 Å². The maximum atomic E-state index is 2.49. The SMILES string of the molecule is Cc1ccc(CCc2ccccc2)cc1C(C1=CCCCC1)N(C)C. The third-order valence-electron chi connectivity index (χ3n) is 5.38. The highest BCUT2D eigenvalue weighted by atomic mass is 15.1. The molecule has 0 saturated carbocycles. The topological polar surface area (TPSA) is 3.24 Å². The summed E-state index contributed by atoms with van der Waals surface area (Å²) in [6.07, 6.45) is 9.88. The van der Waals surface area contributed by atoms with Gasteiger partial charge < -0.3 is 0 Å². The lowest BCUT2D eigenvalue weighted by atomic mass is 9.86. The Morgan fingerprint density at radius 1 is 0.920 bits per heavy atom. The van der Waals surface area contributed by atoms with Gasteiger partial charge in [-0.2, -0.15) is 0 Å². The van der Waals surface area contributed by atoms with Crippen LogP contribution in [0.4, 0.5) is 0 Å². The second-order valence-electron chi connectivity index (χ2n) is 7.57. The first-order chi connectivity index (χ1) is 12.1. The number of allylic oxidation sites excluding steroid dienone is 1. The third kappa shape index (κ3) is 4.61. The fourth-order valence-corrected chi connectivity index (χ4v) is 3.99. The Bertz CT molecular complexity index is 712. The number of likely N-dealkylation sites (N-methyl/N-ethyl adjacent to an activating group) is 1. The molecule has 0 spiro atoms. The Hall–Kier alpha value is -1.86. The highest BCUT2D eigenvalue weighted by Crippen LogP contribution is 2.35. The van der Waals surface area contributed by atoms with Crippen LogP contribution in [0.5, 0.6) is 0 Å². The minimum atomic E-state index is 0.428. The molecule has 1 nitrogen and oxygen atoms in total. The molecule has 3 rings (SSSR count). The highest BCUT2D eigenvalue weighted by Gasteiger charge is 2.22. The van der Waals surface area contributed by atoms with Crippen molar-refractivity contribution in [3.05, 3.63) is 82.4 Å². The lowest BCUT2D eigenvalue weighted by molar-refractivity contribution is 0.325. The quantitative estimate of drug-likeness (QED) is 0.596. The van der Waals surface area contributed by atoms with Crippen molar-refractivity contribution in [2.24, 2.45) is 0 Å². The Labute approximate surface area is 153 Å². The first-order valence-electron chi connectivity index (χ1n) is 9.64. The molecule has 2 aromatic carbocycles. The van der Waals surface area contributed by atoms with Gasteiger partial charge in [-0.05, 0) is 81.8 Å². The first kappa shape index (κ1) is 17.9. The van der Waals surface area contributed by atoms with Crippen LogP contribution >= 0.6 is 0 Å². The molecule has 1 aliphatic carbocycles. The van der Waals surface area contributed by atoms with Gasteiger partial charge in [0.2, 0.25) is 0 Å². The van der Waals surface area contributed by atoms with Crippen LogP contribution in [0.1, 0.15) is 54.0 Å². The van der Waals surface area contributed by atoms with E-state index in [-0.39, 0.29) is 0 Å². The third-order valence-corrected chi connectivity index (χ3v) is 5.38. The van der Waals surface area contributed by atoms with Crippen molar-refractivity contribution < 1.29 is 0 Å². The zero-order valence-corrected chi connectivity index (χ0v) is 16.0. The molecule has 0 radical (unpaired) electrons. The van der Waals surface area contributed by atoms with Gasteiger partial charge in [-0.25, -0.2) is 0 Å². The fourth-order valence-electron chi connectivity index (χ4n) is 3.99. The van der Waals surface area contributed by atoms with Crippen molar-refractivity contribution in [1.82, 2.24) is 4.90 Å². The van der Waals surface area contributed by atoms with Gasteiger partial charge in [-0.3, -0.25) is 4.90 Å². The minimum absolute atomic E-state index is 0.428. The number of nitrogens with zero attached hydrogens (tertiary/aromatic N) is 1. The average Bonchev–Trinajstić information content (AvgIpc) is 2.64. The number of hydrogen-bond acceptors (Lipinski definition) is 1. The van der Waals surface area contributed by atoms with Gasteiger partial charge in [0.15, 0.2) is 0 Å². The molecule has 1 atom stereocenters. The number of benzene rings is 2. The van der Waals surface area contributed by atoms with Crippen molar-refractivity contribution in [3.8, 4) is 0 Å². The number of hydrogen-bond donors (Lipinski definition) is 0. The standard InChI is InChI=1S/C24H31N/c1-19-14-15-21(17-16-20-10-6-4-7-11-20)18-23(19)24(25(2)3)22-12-8-5-9-13-22/h4,6-7,10-12,14-15,18,24H,5,8-9,13,16-17H2,1-3H3. The van der Waals surface area contributed by atoms with Crippen molar-refractivity contribution in [2.75, 3.05) is 14.1 Å². The molecule has 132 valence electrons. The second-order valence-corrected chi connectivity index (χ2v) is 7.57. The highest BCUT2D eigenvalue weighted by molar-refractivity contribution is 5.39. The fraction of sp³-hybridized carbons (Fsp3) is 0.417. The minimum Gasteiger partial charge on any atom is -0.299 e. The zero-order valence-electron chi connectivity index (χ0n) is 16.0. The molecule has 0 N–H and O–H groups in total. The summed E-state index contributed by atoms with van der Waals surface area (Å²) < 4.78 is 0. The van der Waals surface area contributed by atoms with E-state index in [4.69, 9.17) is 0 Å². The number of rotatable bonds is 6. The van der Waals surface area contributed by atoms with E-state index >= 15 is 0 Å². The molecule has 1 heteroatoms. The van der Waals surface area contributed by atoms with Crippen LogP contribution in [0.25, 0.3) is 0 Å². The molecule has 0 amide bonds. The van der Waals surface area contributed by atoms with E-state index in [1.807, 2.05) is 0 Å². The lowest BCUT2D eigenvalue weighted by Crippen LogP contribution is -2.23. The van der Waals surface area contributed by atoms with Crippen LogP contribution in [0.3, 0.4) is 0 Å². The first-order valence-corrected chi connectivity index (χ1v) is 9.64. The maximum Gasteiger partial charge on any atom is 0.0558 e. The van der Waals surface area contributed by atoms with E-state index < -0.39 is 0 Å². The molecule has 0 aliphatic heterocycles. The largest absolute Gasteiger partial charge is 0.299 e. The van der Waals surface area contributed by atoms with E-state index in [1.54, 1.807) is 5.57 Å². The number of aryl methyl sites for hydroxylation is 3. The zero-order chi connectivity index (χ0) is 17.6. The monoisotopic (exact) mass is 333 g/mol. The molecule has 0 aromatic heterocycles. The average molecular weight is 334 g/mol. The van der Waals surface area contributed by atoms with Gasteiger partial charge in [-0.15, -0.1) is 0 Å². The second kappa shape index (κ2) is 8.49. The summed E-state index contributed by atoms with van der Waals surface area (Å²) in [5, 5.41) is 0. The molecule has 25 heavy (non-hydrogen) atoms. The molecular formula is C24H31N. The van der Waals surface area contributed by atoms with Crippen molar-refractivity contribution in [2.45, 2.75) is 51.5 Å². The smallest absolute Gasteiger partial charge is 0.0558 e. The van der Waals surface area contributed by atoms with Gasteiger partial charge in [0.05, 0.1) is 6.04 Å². The Morgan fingerprint density at radius 2 is 1.68 bits per heavy atom. The molecule has 1 aliphatic rings. The van der Waals surface area contributed by atoms with Crippen molar-refractivity contribution in [3.63, 3.8) is 0 Å². The van der Waals surface area contributed by atoms with Crippen molar-refractivity contribution >= 4 is 0 Å². The molecule has 0 heterocycles. The van der Waals surface area contributed by atoms with Crippen LogP contribution in [-0.2, 0) is 12.8 Å². The summed E-state index contributed by atoms with van der Waals surface area (Å²) in [6.45, 7) is 2.26. The molecule has 0 bridgehead atoms. The molecule has 2 aromatic rings. The van der Waals surface area contributed by atoms with Crippen LogP contribution in [-0.4, -0.2) is 19.0 Å². The summed E-state index contributed by atoms with van der Waals surface area (Å²) in [5.74, 6) is 0. The van der Waals surface area contributed by atoms with Crippen LogP contribution in [0.2, 0.25) is 0 Å². The van der Waals surface area contributed by atoms with Gasteiger partial charge in [0, 0.05) is 0 Å². The van der Waals surface area contributed by atoms with E-state index in [9.17, 15) is 0 Å². The van der Waals surface area contributed by atoms with Crippen LogP contribution < -0.4 is 0 Å². The van der Waals surface area contributed by atoms with Gasteiger partial charge in [-0.1, -0.05) is 60.2 Å². The van der Waals surface area contributed by atoms with Gasteiger partial charge >= 0.3 is 0 Å². The predicted octanol–water partition coefficient (Wildman–Crippen LogP) is 5.88. The Kier molecular flexibility index (Phi) is 6.09. The Morgan fingerprint density at radius 3 is 2.36 bits per heavy atom. The summed E-state index contributed by atoms with van der Waals surface area (Å²) in [4.78, 5) is 2.39. The summed E-state index contributed by atoms with van der Waals surface area (Å²) in [6, 6.07) is 18.3. The van der Waals surface area contributed by atoms with E-state index in [0.717, 1.165) is 12.8 Å². The van der Waals surface area contributed by atoms with E-state index in [1.165, 1.54) is 47.9 Å². The summed E-state index contributed by atoms with van der Waals surface area (Å²) in [5.41, 5.74) is 7.38. The molecule has 0 saturated heterocycles. The Balaban J connectivity index is 1.83. The molecule has 0 fully saturated rings. The molecule has 1 unspecified atom stereocenters. The lowest BCUT2D eigenvalue weighted by Gasteiger charge is -2.31. The predicted molar refractivity (Wildman–Crippen MR) is 108 cm³/mol.